The topological polar surface area (TPSA) is 26.3 Å². The molecule has 0 spiro atoms. The molecule has 1 atom stereocenters. The molecule has 1 aromatic carbocycles. The second-order valence-electron chi connectivity index (χ2n) is 4.37. The Morgan fingerprint density at radius 2 is 2.14 bits per heavy atom. The van der Waals surface area contributed by atoms with Gasteiger partial charge >= 0.3 is 0 Å². The molecule has 0 radical (unpaired) electrons. The van der Waals surface area contributed by atoms with Gasteiger partial charge in [0, 0.05) is 22.2 Å². The molecule has 0 saturated heterocycles. The summed E-state index contributed by atoms with van der Waals surface area (Å²) in [6, 6.07) is 8.28. The van der Waals surface area contributed by atoms with Crippen molar-refractivity contribution in [1.29, 1.82) is 0 Å². The fraction of sp³-hybridized carbons (Fsp3) is 0.312. The summed E-state index contributed by atoms with van der Waals surface area (Å²) in [4.78, 5) is 12.5. The van der Waals surface area contributed by atoms with E-state index in [0.29, 0.717) is 4.58 Å². The Balaban J connectivity index is 1.68. The Hall–Kier alpha value is -0.430. The van der Waals surface area contributed by atoms with Gasteiger partial charge in [0.05, 0.1) is 11.7 Å². The van der Waals surface area contributed by atoms with Gasteiger partial charge in [-0.3, -0.25) is 4.79 Å². The van der Waals surface area contributed by atoms with Crippen LogP contribution in [0.2, 0.25) is 0 Å². The van der Waals surface area contributed by atoms with Crippen molar-refractivity contribution in [2.75, 3.05) is 24.4 Å². The summed E-state index contributed by atoms with van der Waals surface area (Å²) in [5.74, 6) is 3.75. The molecule has 0 aromatic heterocycles. The number of ether oxygens (including phenoxy) is 1. The maximum atomic E-state index is 11.1. The predicted molar refractivity (Wildman–Crippen MR) is 104 cm³/mol. The van der Waals surface area contributed by atoms with Crippen LogP contribution in [0.4, 0.5) is 0 Å². The molecule has 1 aliphatic heterocycles. The van der Waals surface area contributed by atoms with E-state index in [2.05, 4.69) is 24.1 Å². The quantitative estimate of drug-likeness (QED) is 0.461. The molecule has 0 fully saturated rings. The summed E-state index contributed by atoms with van der Waals surface area (Å²) in [7, 11) is 1.69. The lowest BCUT2D eigenvalue weighted by Crippen LogP contribution is -1.92. The maximum absolute atomic E-state index is 11.1. The van der Waals surface area contributed by atoms with Gasteiger partial charge in [-0.1, -0.05) is 30.5 Å². The minimum atomic E-state index is 0.0604. The van der Waals surface area contributed by atoms with Crippen molar-refractivity contribution in [1.82, 2.24) is 0 Å². The predicted octanol–water partition coefficient (Wildman–Crippen LogP) is 5.19. The molecule has 0 saturated carbocycles. The Bertz CT molecular complexity index is 540. The highest BCUT2D eigenvalue weighted by atomic mass is 32.2. The van der Waals surface area contributed by atoms with Crippen LogP contribution in [0.25, 0.3) is 0 Å². The van der Waals surface area contributed by atoms with E-state index in [-0.39, 0.29) is 5.12 Å². The molecule has 22 heavy (non-hydrogen) atoms. The molecular formula is C16H18O2S4. The second-order valence-corrected chi connectivity index (χ2v) is 9.08. The first kappa shape index (κ1) is 17.9. The lowest BCUT2D eigenvalue weighted by molar-refractivity contribution is -0.107. The summed E-state index contributed by atoms with van der Waals surface area (Å²) in [6.07, 6.45) is 1.38. The maximum Gasteiger partial charge on any atom is 0.211 e. The summed E-state index contributed by atoms with van der Waals surface area (Å²) in [5, 5.41) is 2.32. The van der Waals surface area contributed by atoms with Gasteiger partial charge in [0.1, 0.15) is 5.75 Å². The van der Waals surface area contributed by atoms with Gasteiger partial charge in [0.15, 0.2) is 0 Å². The average Bonchev–Trinajstić information content (AvgIpc) is 3.03. The Morgan fingerprint density at radius 3 is 2.82 bits per heavy atom. The molecule has 1 heterocycles. The molecule has 118 valence electrons. The van der Waals surface area contributed by atoms with Gasteiger partial charge in [-0.2, -0.15) is 11.8 Å². The first-order valence-electron chi connectivity index (χ1n) is 6.75. The number of carbonyl (C=O) groups excluding carboxylic acids is 1. The Kier molecular flexibility index (Phi) is 7.86. The third-order valence-corrected chi connectivity index (χ3v) is 7.92. The van der Waals surface area contributed by atoms with E-state index in [1.54, 1.807) is 7.11 Å². The standard InChI is InChI=1S/C16H18O2S4/c1-3-15(17)20-9-8-19-10-14-11-21-16(22-14)12-4-6-13(18-2)7-5-12/h3-7,11,16H,1,8-10H2,2H3. The van der Waals surface area contributed by atoms with Crippen LogP contribution in [0.15, 0.2) is 47.2 Å². The minimum absolute atomic E-state index is 0.0604. The van der Waals surface area contributed by atoms with E-state index in [0.717, 1.165) is 23.0 Å². The minimum Gasteiger partial charge on any atom is -0.497 e. The Labute approximate surface area is 148 Å². The molecule has 0 bridgehead atoms. The zero-order chi connectivity index (χ0) is 15.8. The molecule has 1 unspecified atom stereocenters. The zero-order valence-corrected chi connectivity index (χ0v) is 15.6. The second kappa shape index (κ2) is 9.65. The van der Waals surface area contributed by atoms with Crippen molar-refractivity contribution in [3.63, 3.8) is 0 Å². The van der Waals surface area contributed by atoms with Crippen molar-refractivity contribution in [2.45, 2.75) is 4.58 Å². The van der Waals surface area contributed by atoms with Crippen molar-refractivity contribution in [3.05, 3.63) is 52.8 Å². The van der Waals surface area contributed by atoms with Crippen LogP contribution in [0.1, 0.15) is 10.1 Å². The lowest BCUT2D eigenvalue weighted by Gasteiger charge is -2.10. The third kappa shape index (κ3) is 5.65. The van der Waals surface area contributed by atoms with Gasteiger partial charge in [-0.15, -0.1) is 23.5 Å². The highest BCUT2D eigenvalue weighted by Crippen LogP contribution is 2.51. The fourth-order valence-electron chi connectivity index (χ4n) is 1.74. The van der Waals surface area contributed by atoms with Gasteiger partial charge in [0.2, 0.25) is 5.12 Å². The molecular weight excluding hydrogens is 352 g/mol. The van der Waals surface area contributed by atoms with E-state index in [1.807, 2.05) is 47.4 Å². The molecule has 6 heteroatoms. The highest BCUT2D eigenvalue weighted by molar-refractivity contribution is 8.22. The summed E-state index contributed by atoms with van der Waals surface area (Å²) >= 11 is 7.00. The summed E-state index contributed by atoms with van der Waals surface area (Å²) < 4.78 is 5.63. The normalized spacial score (nSPS) is 17.1. The van der Waals surface area contributed by atoms with Crippen LogP contribution < -0.4 is 4.74 Å². The zero-order valence-electron chi connectivity index (χ0n) is 12.3. The van der Waals surface area contributed by atoms with Gasteiger partial charge in [-0.05, 0) is 29.2 Å². The molecule has 0 aliphatic carbocycles. The third-order valence-electron chi connectivity index (χ3n) is 2.85. The molecule has 1 aliphatic rings. The van der Waals surface area contributed by atoms with Crippen molar-refractivity contribution >= 4 is 52.2 Å². The lowest BCUT2D eigenvalue weighted by atomic mass is 10.2. The van der Waals surface area contributed by atoms with Crippen molar-refractivity contribution < 1.29 is 9.53 Å². The SMILES string of the molecule is C=CC(=O)SCCSCC1=CSC(c2ccc(OC)cc2)S1. The first-order chi connectivity index (χ1) is 10.7. The van der Waals surface area contributed by atoms with Crippen LogP contribution in [0.5, 0.6) is 5.75 Å². The van der Waals surface area contributed by atoms with Crippen LogP contribution in [0.3, 0.4) is 0 Å². The molecule has 1 aromatic rings. The number of thioether (sulfide) groups is 4. The van der Waals surface area contributed by atoms with Crippen LogP contribution in [-0.4, -0.2) is 29.5 Å². The van der Waals surface area contributed by atoms with E-state index < -0.39 is 0 Å². The van der Waals surface area contributed by atoms with E-state index in [9.17, 15) is 4.79 Å². The number of carbonyl (C=O) groups is 1. The van der Waals surface area contributed by atoms with Gasteiger partial charge < -0.3 is 4.74 Å². The van der Waals surface area contributed by atoms with Crippen molar-refractivity contribution in [3.8, 4) is 5.75 Å². The first-order valence-corrected chi connectivity index (χ1v) is 10.7. The van der Waals surface area contributed by atoms with Crippen LogP contribution in [-0.2, 0) is 4.79 Å². The monoisotopic (exact) mass is 370 g/mol. The van der Waals surface area contributed by atoms with Crippen molar-refractivity contribution in [2.24, 2.45) is 0 Å². The molecule has 0 N–H and O–H groups in total. The van der Waals surface area contributed by atoms with Crippen LogP contribution >= 0.6 is 47.0 Å². The number of benzene rings is 1. The molecule has 2 nitrogen and oxygen atoms in total. The largest absolute Gasteiger partial charge is 0.497 e. The van der Waals surface area contributed by atoms with Gasteiger partial charge in [-0.25, -0.2) is 0 Å². The number of hydrogen-bond acceptors (Lipinski definition) is 6. The summed E-state index contributed by atoms with van der Waals surface area (Å²) in [6.45, 7) is 3.47. The van der Waals surface area contributed by atoms with Crippen LogP contribution in [0, 0.1) is 0 Å². The fourth-order valence-corrected chi connectivity index (χ4v) is 6.31. The molecule has 0 amide bonds. The van der Waals surface area contributed by atoms with E-state index in [4.69, 9.17) is 4.74 Å². The van der Waals surface area contributed by atoms with Gasteiger partial charge in [0.25, 0.3) is 0 Å². The van der Waals surface area contributed by atoms with E-state index in [1.165, 1.54) is 28.3 Å². The smallest absolute Gasteiger partial charge is 0.211 e. The number of rotatable bonds is 8. The Morgan fingerprint density at radius 1 is 1.36 bits per heavy atom. The highest BCUT2D eigenvalue weighted by Gasteiger charge is 2.20. The van der Waals surface area contributed by atoms with E-state index >= 15 is 0 Å². The molecule has 2 rings (SSSR count). The number of methoxy groups -OCH3 is 1. The number of hydrogen-bond donors (Lipinski definition) is 0. The average molecular weight is 371 g/mol. The summed E-state index contributed by atoms with van der Waals surface area (Å²) in [5.41, 5.74) is 1.32.